The van der Waals surface area contributed by atoms with Crippen LogP contribution in [0, 0.1) is 0 Å². The number of pyridine rings is 1. The minimum Gasteiger partial charge on any atom is -0.373 e. The van der Waals surface area contributed by atoms with Crippen molar-refractivity contribution in [2.75, 3.05) is 32.5 Å². The van der Waals surface area contributed by atoms with Gasteiger partial charge in [-0.2, -0.15) is 9.61 Å². The summed E-state index contributed by atoms with van der Waals surface area (Å²) >= 11 is 0. The highest BCUT2D eigenvalue weighted by molar-refractivity contribution is 6.01. The van der Waals surface area contributed by atoms with Gasteiger partial charge in [0.05, 0.1) is 17.9 Å². The Kier molecular flexibility index (Phi) is 4.39. The highest BCUT2D eigenvalue weighted by Crippen LogP contribution is 2.34. The fourth-order valence-electron chi connectivity index (χ4n) is 4.66. The fraction of sp³-hybridized carbons (Fsp3) is 0.391. The molecule has 2 fully saturated rings. The molecule has 0 atom stereocenters. The van der Waals surface area contributed by atoms with Crippen LogP contribution in [0.15, 0.2) is 36.8 Å². The highest BCUT2D eigenvalue weighted by atomic mass is 16.1. The van der Waals surface area contributed by atoms with E-state index in [1.165, 1.54) is 6.42 Å². The molecule has 4 aromatic rings. The number of hydrogen-bond acceptors (Lipinski definition) is 6. The smallest absolute Gasteiger partial charge is 0.256 e. The Labute approximate surface area is 185 Å². The number of amides is 1. The van der Waals surface area contributed by atoms with E-state index in [2.05, 4.69) is 49.5 Å². The zero-order chi connectivity index (χ0) is 21.8. The summed E-state index contributed by atoms with van der Waals surface area (Å²) in [5, 5.41) is 11.8. The van der Waals surface area contributed by atoms with E-state index in [4.69, 9.17) is 4.98 Å². The number of anilines is 1. The summed E-state index contributed by atoms with van der Waals surface area (Å²) < 4.78 is 3.95. The van der Waals surface area contributed by atoms with Gasteiger partial charge in [0, 0.05) is 55.6 Å². The second kappa shape index (κ2) is 7.30. The Hall–Kier alpha value is -3.46. The van der Waals surface area contributed by atoms with Gasteiger partial charge in [-0.25, -0.2) is 9.97 Å². The Morgan fingerprint density at radius 3 is 2.78 bits per heavy atom. The van der Waals surface area contributed by atoms with Crippen LogP contribution in [0.2, 0.25) is 0 Å². The first kappa shape index (κ1) is 19.2. The Morgan fingerprint density at radius 1 is 1.22 bits per heavy atom. The number of nitrogens with zero attached hydrogens (tertiary/aromatic N) is 6. The normalized spacial score (nSPS) is 17.4. The van der Waals surface area contributed by atoms with Crippen LogP contribution >= 0.6 is 0 Å². The lowest BCUT2D eigenvalue weighted by molar-refractivity contribution is 0.0918. The van der Waals surface area contributed by atoms with E-state index < -0.39 is 0 Å². The van der Waals surface area contributed by atoms with Gasteiger partial charge in [-0.3, -0.25) is 4.79 Å². The monoisotopic (exact) mass is 430 g/mol. The van der Waals surface area contributed by atoms with Crippen LogP contribution in [0.5, 0.6) is 0 Å². The molecule has 9 nitrogen and oxygen atoms in total. The molecule has 0 bridgehead atoms. The van der Waals surface area contributed by atoms with E-state index in [0.29, 0.717) is 17.3 Å². The van der Waals surface area contributed by atoms with Crippen LogP contribution in [0.1, 0.15) is 35.7 Å². The second-order valence-corrected chi connectivity index (χ2v) is 8.87. The molecule has 0 spiro atoms. The number of likely N-dealkylation sites (tertiary alicyclic amines) is 1. The van der Waals surface area contributed by atoms with Gasteiger partial charge in [-0.05, 0) is 38.4 Å². The Bertz CT molecular complexity index is 1330. The second-order valence-electron chi connectivity index (χ2n) is 8.87. The third-order valence-electron chi connectivity index (χ3n) is 6.72. The van der Waals surface area contributed by atoms with E-state index in [9.17, 15) is 4.79 Å². The van der Waals surface area contributed by atoms with Crippen LogP contribution in [-0.4, -0.2) is 68.2 Å². The van der Waals surface area contributed by atoms with E-state index in [0.717, 1.165) is 54.0 Å². The van der Waals surface area contributed by atoms with E-state index >= 15 is 0 Å². The summed E-state index contributed by atoms with van der Waals surface area (Å²) in [5.74, 6) is 0.666. The summed E-state index contributed by atoms with van der Waals surface area (Å²) in [6.45, 7) is 2.00. The summed E-state index contributed by atoms with van der Waals surface area (Å²) in [6, 6.07) is 6.68. The van der Waals surface area contributed by atoms with Crippen molar-refractivity contribution >= 4 is 28.4 Å². The number of carbonyl (C=O) groups excluding carboxylic acids is 1. The average Bonchev–Trinajstić information content (AvgIpc) is 3.35. The van der Waals surface area contributed by atoms with Crippen molar-refractivity contribution in [2.45, 2.75) is 31.3 Å². The number of nitrogens with one attached hydrogen (secondary N) is 2. The molecule has 2 N–H and O–H groups in total. The molecule has 1 amide bonds. The summed E-state index contributed by atoms with van der Waals surface area (Å²) in [5.41, 5.74) is 3.82. The van der Waals surface area contributed by atoms with Gasteiger partial charge in [-0.15, -0.1) is 0 Å². The molecule has 0 aromatic carbocycles. The first-order valence-corrected chi connectivity index (χ1v) is 11.1. The third kappa shape index (κ3) is 2.96. The molecule has 1 saturated heterocycles. The van der Waals surface area contributed by atoms with E-state index in [1.54, 1.807) is 10.7 Å². The minimum atomic E-state index is -0.113. The van der Waals surface area contributed by atoms with Crippen LogP contribution < -0.4 is 10.6 Å². The van der Waals surface area contributed by atoms with Gasteiger partial charge >= 0.3 is 0 Å². The maximum atomic E-state index is 12.9. The molecule has 6 rings (SSSR count). The van der Waals surface area contributed by atoms with Gasteiger partial charge in [-0.1, -0.05) is 0 Å². The molecule has 0 radical (unpaired) electrons. The molecule has 4 aromatic heterocycles. The van der Waals surface area contributed by atoms with E-state index in [-0.39, 0.29) is 11.9 Å². The van der Waals surface area contributed by atoms with Crippen molar-refractivity contribution in [3.05, 3.63) is 42.4 Å². The lowest BCUT2D eigenvalue weighted by Gasteiger charge is -2.37. The molecular weight excluding hydrogens is 404 g/mol. The van der Waals surface area contributed by atoms with Crippen molar-refractivity contribution in [1.82, 2.24) is 34.4 Å². The predicted octanol–water partition coefficient (Wildman–Crippen LogP) is 2.56. The number of likely N-dealkylation sites (N-methyl/N-ethyl adjacent to an activating group) is 1. The number of carbonyl (C=O) groups is 1. The third-order valence-corrected chi connectivity index (χ3v) is 6.72. The summed E-state index contributed by atoms with van der Waals surface area (Å²) in [6.07, 6.45) is 8.83. The zero-order valence-corrected chi connectivity index (χ0v) is 18.2. The largest absolute Gasteiger partial charge is 0.373 e. The molecule has 1 saturated carbocycles. The molecule has 5 heterocycles. The minimum absolute atomic E-state index is 0.113. The number of rotatable bonds is 5. The van der Waals surface area contributed by atoms with Crippen molar-refractivity contribution < 1.29 is 4.79 Å². The predicted molar refractivity (Wildman–Crippen MR) is 123 cm³/mol. The summed E-state index contributed by atoms with van der Waals surface area (Å²) in [7, 11) is 3.98. The molecule has 9 heteroatoms. The Balaban J connectivity index is 1.48. The molecule has 0 unspecified atom stereocenters. The number of fused-ring (bicyclic) bond motifs is 2. The van der Waals surface area contributed by atoms with Crippen LogP contribution in [0.4, 0.5) is 5.82 Å². The maximum Gasteiger partial charge on any atom is 0.256 e. The fourth-order valence-corrected chi connectivity index (χ4v) is 4.66. The van der Waals surface area contributed by atoms with Crippen molar-refractivity contribution in [3.8, 4) is 11.3 Å². The van der Waals surface area contributed by atoms with Crippen LogP contribution in [0.25, 0.3) is 27.9 Å². The van der Waals surface area contributed by atoms with Crippen LogP contribution in [-0.2, 0) is 0 Å². The first-order valence-electron chi connectivity index (χ1n) is 11.1. The van der Waals surface area contributed by atoms with Crippen LogP contribution in [0.3, 0.4) is 0 Å². The summed E-state index contributed by atoms with van der Waals surface area (Å²) in [4.78, 5) is 24.8. The first-order chi connectivity index (χ1) is 15.6. The van der Waals surface area contributed by atoms with Gasteiger partial charge in [0.1, 0.15) is 17.0 Å². The molecule has 32 heavy (non-hydrogen) atoms. The van der Waals surface area contributed by atoms with Gasteiger partial charge < -0.3 is 20.1 Å². The number of aromatic nitrogens is 5. The molecule has 2 aliphatic rings. The van der Waals surface area contributed by atoms with Gasteiger partial charge in [0.15, 0.2) is 5.65 Å². The number of hydrogen-bond donors (Lipinski definition) is 2. The molecule has 164 valence electrons. The quantitative estimate of drug-likeness (QED) is 0.506. The lowest BCUT2D eigenvalue weighted by Crippen LogP contribution is -2.44. The van der Waals surface area contributed by atoms with E-state index in [1.807, 2.05) is 25.4 Å². The molecular formula is C23H26N8O. The van der Waals surface area contributed by atoms with Crippen molar-refractivity contribution in [2.24, 2.45) is 0 Å². The van der Waals surface area contributed by atoms with Crippen molar-refractivity contribution in [3.63, 3.8) is 0 Å². The van der Waals surface area contributed by atoms with Gasteiger partial charge in [0.2, 0.25) is 0 Å². The molecule has 1 aliphatic heterocycles. The topological polar surface area (TPSA) is 92.4 Å². The highest BCUT2D eigenvalue weighted by Gasteiger charge is 2.28. The molecule has 1 aliphatic carbocycles. The lowest BCUT2D eigenvalue weighted by atomic mass is 9.93. The SMILES string of the molecule is CNc1cc(-c2cn(C3CN(C)C3)c3ncccc23)nc2c(C(=O)NC3CCC3)cnn12. The maximum absolute atomic E-state index is 12.9. The zero-order valence-electron chi connectivity index (χ0n) is 18.2. The average molecular weight is 431 g/mol. The van der Waals surface area contributed by atoms with Crippen molar-refractivity contribution in [1.29, 1.82) is 0 Å². The standard InChI is InChI=1S/C23H26N8O/c1-24-20-9-19(28-22-17(10-26-31(20)22)23(32)27-14-5-3-6-14)18-13-30(15-11-29(2)12-15)21-16(18)7-4-8-25-21/h4,7-10,13-15,24H,3,5-6,11-12H2,1-2H3,(H,27,32). The van der Waals surface area contributed by atoms with Gasteiger partial charge in [0.25, 0.3) is 5.91 Å². The Morgan fingerprint density at radius 2 is 2.06 bits per heavy atom.